The number of amides is 1. The van der Waals surface area contributed by atoms with Crippen LogP contribution in [0, 0.1) is 11.6 Å². The number of carbonyl (C=O) groups excluding carboxylic acids is 1. The maximum absolute atomic E-state index is 13.6. The van der Waals surface area contributed by atoms with Gasteiger partial charge in [-0.25, -0.2) is 8.78 Å². The molecule has 1 amide bonds. The molecule has 2 rings (SSSR count). The third-order valence-electron chi connectivity index (χ3n) is 3.12. The van der Waals surface area contributed by atoms with Crippen LogP contribution in [-0.2, 0) is 0 Å². The molecule has 0 atom stereocenters. The molecule has 0 heterocycles. The second-order valence-electron chi connectivity index (χ2n) is 4.92. The number of ether oxygens (including phenoxy) is 2. The van der Waals surface area contributed by atoms with Gasteiger partial charge in [0.05, 0.1) is 23.9 Å². The molecule has 0 aliphatic rings. The predicted molar refractivity (Wildman–Crippen MR) is 90.8 cm³/mol. The zero-order chi connectivity index (χ0) is 17.7. The minimum Gasteiger partial charge on any atom is -0.493 e. The van der Waals surface area contributed by atoms with Gasteiger partial charge in [0.15, 0.2) is 11.5 Å². The van der Waals surface area contributed by atoms with Gasteiger partial charge in [0.25, 0.3) is 5.91 Å². The minimum atomic E-state index is -0.850. The quantitative estimate of drug-likeness (QED) is 0.760. The SMILES string of the molecule is CCCOc1c(Br)cc(C(=O)Nc2ccc(F)cc2F)cc1OC. The third kappa shape index (κ3) is 4.23. The summed E-state index contributed by atoms with van der Waals surface area (Å²) in [6, 6.07) is 5.97. The first-order chi connectivity index (χ1) is 11.5. The number of nitrogens with one attached hydrogen (secondary N) is 1. The summed E-state index contributed by atoms with van der Waals surface area (Å²) in [5.74, 6) is -1.25. The number of rotatable bonds is 6. The van der Waals surface area contributed by atoms with Gasteiger partial charge >= 0.3 is 0 Å². The number of hydrogen-bond donors (Lipinski definition) is 1. The zero-order valence-electron chi connectivity index (χ0n) is 13.2. The second kappa shape index (κ2) is 8.10. The van der Waals surface area contributed by atoms with Gasteiger partial charge in [-0.1, -0.05) is 6.92 Å². The molecule has 0 fully saturated rings. The fraction of sp³-hybridized carbons (Fsp3) is 0.235. The number of halogens is 3. The molecule has 0 unspecified atom stereocenters. The van der Waals surface area contributed by atoms with Crippen molar-refractivity contribution >= 4 is 27.5 Å². The average molecular weight is 400 g/mol. The van der Waals surface area contributed by atoms with E-state index in [0.717, 1.165) is 18.6 Å². The van der Waals surface area contributed by atoms with Crippen LogP contribution in [0.25, 0.3) is 0 Å². The van der Waals surface area contributed by atoms with E-state index < -0.39 is 17.5 Å². The number of carbonyl (C=O) groups is 1. The first-order valence-electron chi connectivity index (χ1n) is 7.23. The van der Waals surface area contributed by atoms with Crippen molar-refractivity contribution in [2.45, 2.75) is 13.3 Å². The van der Waals surface area contributed by atoms with Gasteiger partial charge < -0.3 is 14.8 Å². The van der Waals surface area contributed by atoms with Gasteiger partial charge in [-0.2, -0.15) is 0 Å². The van der Waals surface area contributed by atoms with Crippen molar-refractivity contribution in [2.24, 2.45) is 0 Å². The molecule has 128 valence electrons. The number of hydrogen-bond acceptors (Lipinski definition) is 3. The highest BCUT2D eigenvalue weighted by Crippen LogP contribution is 2.37. The van der Waals surface area contributed by atoms with Gasteiger partial charge in [-0.05, 0) is 46.6 Å². The first-order valence-corrected chi connectivity index (χ1v) is 8.02. The van der Waals surface area contributed by atoms with E-state index in [-0.39, 0.29) is 11.3 Å². The molecule has 2 aromatic carbocycles. The maximum Gasteiger partial charge on any atom is 0.255 e. The summed E-state index contributed by atoms with van der Waals surface area (Å²) in [5, 5.41) is 2.40. The number of anilines is 1. The van der Waals surface area contributed by atoms with Crippen molar-refractivity contribution in [3.63, 3.8) is 0 Å². The molecule has 0 saturated heterocycles. The summed E-state index contributed by atoms with van der Waals surface area (Å²) >= 11 is 3.34. The average Bonchev–Trinajstić information content (AvgIpc) is 2.55. The minimum absolute atomic E-state index is 0.109. The Kier molecular flexibility index (Phi) is 6.14. The maximum atomic E-state index is 13.6. The van der Waals surface area contributed by atoms with E-state index in [4.69, 9.17) is 9.47 Å². The Hall–Kier alpha value is -2.15. The Labute approximate surface area is 146 Å². The van der Waals surface area contributed by atoms with Crippen molar-refractivity contribution in [3.8, 4) is 11.5 Å². The van der Waals surface area contributed by atoms with Gasteiger partial charge in [0.2, 0.25) is 0 Å². The van der Waals surface area contributed by atoms with Crippen LogP contribution in [0.5, 0.6) is 11.5 Å². The molecular formula is C17H16BrF2NO3. The first kappa shape index (κ1) is 18.2. The normalized spacial score (nSPS) is 10.4. The van der Waals surface area contributed by atoms with Crippen molar-refractivity contribution in [1.29, 1.82) is 0 Å². The fourth-order valence-electron chi connectivity index (χ4n) is 1.98. The molecule has 0 aliphatic heterocycles. The molecular weight excluding hydrogens is 384 g/mol. The van der Waals surface area contributed by atoms with Crippen molar-refractivity contribution in [1.82, 2.24) is 0 Å². The standard InChI is InChI=1S/C17H16BrF2NO3/c1-3-6-24-16-12(18)7-10(8-15(16)23-2)17(22)21-14-5-4-11(19)9-13(14)20/h4-5,7-9H,3,6H2,1-2H3,(H,21,22). The van der Waals surface area contributed by atoms with E-state index >= 15 is 0 Å². The smallest absolute Gasteiger partial charge is 0.255 e. The van der Waals surface area contributed by atoms with E-state index in [2.05, 4.69) is 21.2 Å². The van der Waals surface area contributed by atoms with Crippen LogP contribution in [0.3, 0.4) is 0 Å². The van der Waals surface area contributed by atoms with E-state index in [1.165, 1.54) is 13.2 Å². The monoisotopic (exact) mass is 399 g/mol. The summed E-state index contributed by atoms with van der Waals surface area (Å²) in [4.78, 5) is 12.3. The molecule has 0 spiro atoms. The van der Waals surface area contributed by atoms with Gasteiger partial charge in [-0.3, -0.25) is 4.79 Å². The van der Waals surface area contributed by atoms with E-state index in [0.29, 0.717) is 28.6 Å². The largest absolute Gasteiger partial charge is 0.493 e. The summed E-state index contributed by atoms with van der Waals surface area (Å²) in [7, 11) is 1.46. The highest BCUT2D eigenvalue weighted by atomic mass is 79.9. The van der Waals surface area contributed by atoms with Crippen LogP contribution < -0.4 is 14.8 Å². The number of methoxy groups -OCH3 is 1. The lowest BCUT2D eigenvalue weighted by Crippen LogP contribution is -2.13. The zero-order valence-corrected chi connectivity index (χ0v) is 14.7. The molecule has 1 N–H and O–H groups in total. The Balaban J connectivity index is 2.27. The highest BCUT2D eigenvalue weighted by Gasteiger charge is 2.17. The Morgan fingerprint density at radius 3 is 2.62 bits per heavy atom. The molecule has 0 saturated carbocycles. The van der Waals surface area contributed by atoms with Crippen LogP contribution in [0.4, 0.5) is 14.5 Å². The summed E-state index contributed by atoms with van der Waals surface area (Å²) < 4.78 is 37.9. The van der Waals surface area contributed by atoms with E-state index in [1.807, 2.05) is 6.92 Å². The van der Waals surface area contributed by atoms with Gasteiger partial charge in [0, 0.05) is 11.6 Å². The predicted octanol–water partition coefficient (Wildman–Crippen LogP) is 4.78. The Morgan fingerprint density at radius 1 is 1.25 bits per heavy atom. The van der Waals surface area contributed by atoms with E-state index in [1.54, 1.807) is 6.07 Å². The second-order valence-corrected chi connectivity index (χ2v) is 5.77. The third-order valence-corrected chi connectivity index (χ3v) is 3.71. The summed E-state index contributed by atoms with van der Waals surface area (Å²) in [6.45, 7) is 2.47. The van der Waals surface area contributed by atoms with Crippen molar-refractivity contribution in [3.05, 3.63) is 52.0 Å². The van der Waals surface area contributed by atoms with E-state index in [9.17, 15) is 13.6 Å². The Bertz CT molecular complexity index is 753. The summed E-state index contributed by atoms with van der Waals surface area (Å²) in [6.07, 6.45) is 0.821. The molecule has 24 heavy (non-hydrogen) atoms. The fourth-order valence-corrected chi connectivity index (χ4v) is 2.54. The molecule has 4 nitrogen and oxygen atoms in total. The highest BCUT2D eigenvalue weighted by molar-refractivity contribution is 9.10. The molecule has 0 aromatic heterocycles. The summed E-state index contributed by atoms with van der Waals surface area (Å²) in [5.41, 5.74) is 0.133. The van der Waals surface area contributed by atoms with Crippen LogP contribution in [0.2, 0.25) is 0 Å². The Morgan fingerprint density at radius 2 is 2.00 bits per heavy atom. The number of benzene rings is 2. The van der Waals surface area contributed by atoms with Gasteiger partial charge in [0.1, 0.15) is 11.6 Å². The topological polar surface area (TPSA) is 47.6 Å². The molecule has 7 heteroatoms. The van der Waals surface area contributed by atoms with Gasteiger partial charge in [-0.15, -0.1) is 0 Å². The molecule has 0 radical (unpaired) electrons. The lowest BCUT2D eigenvalue weighted by Gasteiger charge is -2.14. The molecule has 0 bridgehead atoms. The lowest BCUT2D eigenvalue weighted by atomic mass is 10.1. The molecule has 2 aromatic rings. The molecule has 0 aliphatic carbocycles. The van der Waals surface area contributed by atoms with Crippen LogP contribution in [-0.4, -0.2) is 19.6 Å². The lowest BCUT2D eigenvalue weighted by molar-refractivity contribution is 0.102. The van der Waals surface area contributed by atoms with Crippen LogP contribution in [0.15, 0.2) is 34.8 Å². The van der Waals surface area contributed by atoms with Crippen molar-refractivity contribution < 1.29 is 23.0 Å². The van der Waals surface area contributed by atoms with Crippen LogP contribution in [0.1, 0.15) is 23.7 Å². The van der Waals surface area contributed by atoms with Crippen LogP contribution >= 0.6 is 15.9 Å². The van der Waals surface area contributed by atoms with Crippen molar-refractivity contribution in [2.75, 3.05) is 19.0 Å².